The third-order valence-electron chi connectivity index (χ3n) is 3.00. The third-order valence-corrected chi connectivity index (χ3v) is 3.70. The van der Waals surface area contributed by atoms with E-state index in [9.17, 15) is 9.90 Å². The Balaban J connectivity index is 2.03. The molecule has 5 nitrogen and oxygen atoms in total. The number of nitrogens with one attached hydrogen (secondary N) is 1. The van der Waals surface area contributed by atoms with Crippen molar-refractivity contribution in [2.75, 3.05) is 20.8 Å². The van der Waals surface area contributed by atoms with Gasteiger partial charge in [0, 0.05) is 18.2 Å². The van der Waals surface area contributed by atoms with Crippen LogP contribution < -0.4 is 14.8 Å². The van der Waals surface area contributed by atoms with Crippen LogP contribution in [0.15, 0.2) is 35.0 Å². The largest absolute Gasteiger partial charge is 0.497 e. The first-order valence-electron chi connectivity index (χ1n) is 6.35. The summed E-state index contributed by atoms with van der Waals surface area (Å²) in [5.74, 6) is 0.789. The van der Waals surface area contributed by atoms with E-state index in [0.717, 1.165) is 5.56 Å². The molecule has 21 heavy (non-hydrogen) atoms. The Hall–Kier alpha value is -2.05. The second-order valence-corrected chi connectivity index (χ2v) is 5.16. The number of aliphatic hydroxyl groups excluding tert-OH is 1. The first-order chi connectivity index (χ1) is 10.1. The molecule has 1 aromatic heterocycles. The van der Waals surface area contributed by atoms with Crippen molar-refractivity contribution in [2.45, 2.75) is 6.10 Å². The Kier molecular flexibility index (Phi) is 5.19. The van der Waals surface area contributed by atoms with Gasteiger partial charge < -0.3 is 19.9 Å². The van der Waals surface area contributed by atoms with Crippen LogP contribution in [0.4, 0.5) is 0 Å². The first-order valence-corrected chi connectivity index (χ1v) is 7.29. The van der Waals surface area contributed by atoms with Gasteiger partial charge >= 0.3 is 0 Å². The van der Waals surface area contributed by atoms with Crippen molar-refractivity contribution in [1.29, 1.82) is 0 Å². The number of thiophene rings is 1. The summed E-state index contributed by atoms with van der Waals surface area (Å²) < 4.78 is 10.2. The molecular formula is C15H17NO4S. The molecule has 0 aliphatic heterocycles. The van der Waals surface area contributed by atoms with Crippen molar-refractivity contribution in [1.82, 2.24) is 5.32 Å². The van der Waals surface area contributed by atoms with E-state index >= 15 is 0 Å². The zero-order chi connectivity index (χ0) is 15.2. The number of rotatable bonds is 6. The Morgan fingerprint density at radius 2 is 1.95 bits per heavy atom. The molecule has 1 unspecified atom stereocenters. The maximum absolute atomic E-state index is 12.1. The fourth-order valence-corrected chi connectivity index (χ4v) is 2.52. The molecule has 112 valence electrons. The summed E-state index contributed by atoms with van der Waals surface area (Å²) in [5, 5.41) is 16.4. The highest BCUT2D eigenvalue weighted by atomic mass is 32.1. The summed E-state index contributed by atoms with van der Waals surface area (Å²) >= 11 is 1.50. The number of amides is 1. The van der Waals surface area contributed by atoms with E-state index in [2.05, 4.69) is 5.32 Å². The molecule has 0 aliphatic rings. The number of hydrogen-bond donors (Lipinski definition) is 2. The molecule has 0 saturated heterocycles. The van der Waals surface area contributed by atoms with Crippen LogP contribution in [0.25, 0.3) is 0 Å². The minimum absolute atomic E-state index is 0.148. The van der Waals surface area contributed by atoms with Gasteiger partial charge in [-0.15, -0.1) is 0 Å². The van der Waals surface area contributed by atoms with Crippen LogP contribution in [0, 0.1) is 0 Å². The van der Waals surface area contributed by atoms with Gasteiger partial charge in [-0.25, -0.2) is 0 Å². The van der Waals surface area contributed by atoms with Crippen LogP contribution in [-0.2, 0) is 0 Å². The fourth-order valence-electron chi connectivity index (χ4n) is 1.81. The monoisotopic (exact) mass is 307 g/mol. The number of ether oxygens (including phenoxy) is 2. The number of carbonyl (C=O) groups is 1. The van der Waals surface area contributed by atoms with Crippen molar-refractivity contribution >= 4 is 17.2 Å². The van der Waals surface area contributed by atoms with Crippen molar-refractivity contribution < 1.29 is 19.4 Å². The normalized spacial score (nSPS) is 11.8. The molecular weight excluding hydrogens is 290 g/mol. The molecule has 0 saturated carbocycles. The molecule has 2 aromatic rings. The minimum atomic E-state index is -0.715. The number of carbonyl (C=O) groups excluding carboxylic acids is 1. The molecule has 1 atom stereocenters. The van der Waals surface area contributed by atoms with E-state index in [-0.39, 0.29) is 12.5 Å². The second kappa shape index (κ2) is 7.10. The van der Waals surface area contributed by atoms with Gasteiger partial charge in [0.15, 0.2) is 0 Å². The van der Waals surface area contributed by atoms with E-state index in [1.165, 1.54) is 25.6 Å². The van der Waals surface area contributed by atoms with Gasteiger partial charge in [0.25, 0.3) is 5.91 Å². The average molecular weight is 307 g/mol. The topological polar surface area (TPSA) is 67.8 Å². The highest BCUT2D eigenvalue weighted by molar-refractivity contribution is 7.07. The molecule has 1 amide bonds. The average Bonchev–Trinajstić information content (AvgIpc) is 3.06. The lowest BCUT2D eigenvalue weighted by Crippen LogP contribution is -2.28. The summed E-state index contributed by atoms with van der Waals surface area (Å²) in [6, 6.07) is 6.76. The van der Waals surface area contributed by atoms with Crippen molar-refractivity contribution in [3.05, 3.63) is 46.2 Å². The highest BCUT2D eigenvalue weighted by Crippen LogP contribution is 2.22. The van der Waals surface area contributed by atoms with Gasteiger partial charge in [0.2, 0.25) is 0 Å². The second-order valence-electron chi connectivity index (χ2n) is 4.38. The molecule has 0 fully saturated rings. The Morgan fingerprint density at radius 3 is 2.48 bits per heavy atom. The number of benzene rings is 1. The lowest BCUT2D eigenvalue weighted by Gasteiger charge is -2.12. The van der Waals surface area contributed by atoms with Crippen LogP contribution in [0.2, 0.25) is 0 Å². The van der Waals surface area contributed by atoms with Crippen molar-refractivity contribution in [3.8, 4) is 11.5 Å². The van der Waals surface area contributed by atoms with Crippen LogP contribution >= 0.6 is 11.3 Å². The lowest BCUT2D eigenvalue weighted by atomic mass is 10.1. The van der Waals surface area contributed by atoms with Crippen LogP contribution in [0.5, 0.6) is 11.5 Å². The van der Waals surface area contributed by atoms with Gasteiger partial charge in [0.1, 0.15) is 11.5 Å². The van der Waals surface area contributed by atoms with E-state index in [1.54, 1.807) is 18.2 Å². The molecule has 0 radical (unpaired) electrons. The van der Waals surface area contributed by atoms with E-state index in [1.807, 2.05) is 16.8 Å². The third kappa shape index (κ3) is 3.96. The number of hydrogen-bond acceptors (Lipinski definition) is 5. The fraction of sp³-hybridized carbons (Fsp3) is 0.267. The lowest BCUT2D eigenvalue weighted by molar-refractivity contribution is 0.0916. The smallest absolute Gasteiger partial charge is 0.251 e. The molecule has 0 bridgehead atoms. The van der Waals surface area contributed by atoms with Crippen molar-refractivity contribution in [2.24, 2.45) is 0 Å². The number of methoxy groups -OCH3 is 2. The minimum Gasteiger partial charge on any atom is -0.497 e. The molecule has 1 heterocycles. The van der Waals surface area contributed by atoms with Gasteiger partial charge in [-0.05, 0) is 34.5 Å². The van der Waals surface area contributed by atoms with Gasteiger partial charge in [0.05, 0.1) is 20.3 Å². The van der Waals surface area contributed by atoms with Crippen LogP contribution in [-0.4, -0.2) is 31.8 Å². The Labute approximate surface area is 127 Å². The molecule has 1 aromatic carbocycles. The molecule has 0 aliphatic carbocycles. The quantitative estimate of drug-likeness (QED) is 0.859. The van der Waals surface area contributed by atoms with Crippen LogP contribution in [0.3, 0.4) is 0 Å². The van der Waals surface area contributed by atoms with E-state index in [0.29, 0.717) is 17.1 Å². The maximum Gasteiger partial charge on any atom is 0.251 e. The maximum atomic E-state index is 12.1. The van der Waals surface area contributed by atoms with Gasteiger partial charge in [-0.1, -0.05) is 0 Å². The van der Waals surface area contributed by atoms with E-state index < -0.39 is 6.10 Å². The van der Waals surface area contributed by atoms with Crippen molar-refractivity contribution in [3.63, 3.8) is 0 Å². The Morgan fingerprint density at radius 1 is 1.29 bits per heavy atom. The summed E-state index contributed by atoms with van der Waals surface area (Å²) in [5.41, 5.74) is 1.22. The SMILES string of the molecule is COc1cc(OC)cc(C(=O)NCC(O)c2ccsc2)c1. The predicted octanol–water partition coefficient (Wildman–Crippen LogP) is 2.23. The van der Waals surface area contributed by atoms with Gasteiger partial charge in [-0.3, -0.25) is 4.79 Å². The van der Waals surface area contributed by atoms with Crippen LogP contribution in [0.1, 0.15) is 22.0 Å². The van der Waals surface area contributed by atoms with Gasteiger partial charge in [-0.2, -0.15) is 11.3 Å². The highest BCUT2D eigenvalue weighted by Gasteiger charge is 2.13. The molecule has 0 spiro atoms. The predicted molar refractivity (Wildman–Crippen MR) is 81.2 cm³/mol. The first kappa shape index (κ1) is 15.3. The summed E-state index contributed by atoms with van der Waals surface area (Å²) in [6.45, 7) is 0.148. The van der Waals surface area contributed by atoms with E-state index in [4.69, 9.17) is 9.47 Å². The zero-order valence-electron chi connectivity index (χ0n) is 11.8. The molecule has 2 rings (SSSR count). The summed E-state index contributed by atoms with van der Waals surface area (Å²) in [4.78, 5) is 12.1. The molecule has 6 heteroatoms. The summed E-state index contributed by atoms with van der Waals surface area (Å²) in [7, 11) is 3.05. The Bertz CT molecular complexity index is 575. The summed E-state index contributed by atoms with van der Waals surface area (Å²) in [6.07, 6.45) is -0.715. The molecule has 2 N–H and O–H groups in total. The zero-order valence-corrected chi connectivity index (χ0v) is 12.6. The number of aliphatic hydroxyl groups is 1. The standard InChI is InChI=1S/C15H17NO4S/c1-19-12-5-11(6-13(7-12)20-2)15(18)16-8-14(17)10-3-4-21-9-10/h3-7,9,14,17H,8H2,1-2H3,(H,16,18).